The largest absolute Gasteiger partial charge is 0.497 e. The Balaban J connectivity index is 1.58. The van der Waals surface area contributed by atoms with E-state index >= 15 is 0 Å². The Labute approximate surface area is 219 Å². The van der Waals surface area contributed by atoms with Crippen molar-refractivity contribution in [2.24, 2.45) is 5.92 Å². The van der Waals surface area contributed by atoms with E-state index < -0.39 is 18.0 Å². The van der Waals surface area contributed by atoms with Gasteiger partial charge in [0.2, 0.25) is 0 Å². The van der Waals surface area contributed by atoms with E-state index in [9.17, 15) is 19.2 Å². The van der Waals surface area contributed by atoms with Gasteiger partial charge in [-0.2, -0.15) is 0 Å². The molecule has 1 aromatic heterocycles. The zero-order chi connectivity index (χ0) is 26.9. The molecule has 2 heterocycles. The first kappa shape index (κ1) is 26.3. The van der Waals surface area contributed by atoms with E-state index in [1.54, 1.807) is 25.2 Å². The molecule has 9 nitrogen and oxygen atoms in total. The van der Waals surface area contributed by atoms with Gasteiger partial charge in [0.15, 0.2) is 0 Å². The summed E-state index contributed by atoms with van der Waals surface area (Å²) in [5.41, 5.74) is 2.50. The molecule has 2 aromatic carbocycles. The van der Waals surface area contributed by atoms with Crippen LogP contribution in [0.2, 0.25) is 0 Å². The maximum Gasteiger partial charge on any atom is 0.268 e. The predicted octanol–water partition coefficient (Wildman–Crippen LogP) is 2.29. The van der Waals surface area contributed by atoms with Crippen LogP contribution in [0, 0.1) is 5.92 Å². The number of benzene rings is 2. The molecule has 3 atom stereocenters. The molecule has 9 heteroatoms. The van der Waals surface area contributed by atoms with Crippen molar-refractivity contribution in [2.75, 3.05) is 13.7 Å². The van der Waals surface area contributed by atoms with Crippen LogP contribution in [-0.4, -0.2) is 54.5 Å². The summed E-state index contributed by atoms with van der Waals surface area (Å²) in [6.07, 6.45) is 2.64. The number of rotatable bonds is 11. The first-order chi connectivity index (χ1) is 18.5. The summed E-state index contributed by atoms with van der Waals surface area (Å²) in [5.74, 6) is 5.71. The molecule has 1 saturated heterocycles. The molecule has 0 bridgehead atoms. The van der Waals surface area contributed by atoms with Crippen molar-refractivity contribution in [1.82, 2.24) is 20.9 Å². The first-order valence-corrected chi connectivity index (χ1v) is 12.3. The fraction of sp³-hybridized carbons (Fsp3) is 0.276. The molecule has 1 aliphatic rings. The second kappa shape index (κ2) is 12.4. The summed E-state index contributed by atoms with van der Waals surface area (Å²) in [6.45, 7) is 0.631. The molecule has 0 radical (unpaired) electrons. The van der Waals surface area contributed by atoms with Gasteiger partial charge in [-0.1, -0.05) is 30.3 Å². The van der Waals surface area contributed by atoms with Gasteiger partial charge >= 0.3 is 0 Å². The molecule has 38 heavy (non-hydrogen) atoms. The number of carbonyl (C=O) groups is 1. The van der Waals surface area contributed by atoms with Crippen LogP contribution in [0.25, 0.3) is 10.9 Å². The summed E-state index contributed by atoms with van der Waals surface area (Å²) < 4.78 is 5.26. The minimum atomic E-state index is -0.770. The zero-order valence-electron chi connectivity index (χ0n) is 20.9. The molecule has 1 aliphatic heterocycles. The topological polar surface area (TPSA) is 129 Å². The average Bonchev–Trinajstić information content (AvgIpc) is 3.58. The van der Waals surface area contributed by atoms with Gasteiger partial charge in [0.05, 0.1) is 24.9 Å². The van der Waals surface area contributed by atoms with Crippen molar-refractivity contribution in [2.45, 2.75) is 31.3 Å². The summed E-state index contributed by atoms with van der Waals surface area (Å²) >= 11 is 0. The van der Waals surface area contributed by atoms with E-state index in [0.717, 1.165) is 16.5 Å². The quantitative estimate of drug-likeness (QED) is 0.290. The highest BCUT2D eigenvalue weighted by Crippen LogP contribution is 2.24. The summed E-state index contributed by atoms with van der Waals surface area (Å²) in [6, 6.07) is 15.2. The molecule has 0 aliphatic carbocycles. The van der Waals surface area contributed by atoms with Crippen LogP contribution in [-0.2, 0) is 20.8 Å². The number of H-pyrrole nitrogens is 1. The number of amides is 1. The van der Waals surface area contributed by atoms with Crippen molar-refractivity contribution in [1.29, 1.82) is 0 Å². The third-order valence-corrected chi connectivity index (χ3v) is 6.59. The molecule has 0 spiro atoms. The number of ether oxygens (including phenoxy) is 1. The lowest BCUT2D eigenvalue weighted by Crippen LogP contribution is -2.45. The maximum atomic E-state index is 13.3. The molecule has 4 N–H and O–H groups in total. The summed E-state index contributed by atoms with van der Waals surface area (Å²) in [5, 5.41) is 9.78. The maximum absolute atomic E-state index is 13.3. The van der Waals surface area contributed by atoms with E-state index in [1.165, 1.54) is 6.08 Å². The Morgan fingerprint density at radius 1 is 1.13 bits per heavy atom. The van der Waals surface area contributed by atoms with Gasteiger partial charge in [-0.15, -0.1) is 0 Å². The Kier molecular flexibility index (Phi) is 8.60. The van der Waals surface area contributed by atoms with Gasteiger partial charge in [-0.3, -0.25) is 4.79 Å². The van der Waals surface area contributed by atoms with Crippen LogP contribution >= 0.6 is 0 Å². The highest BCUT2D eigenvalue weighted by Gasteiger charge is 2.27. The smallest absolute Gasteiger partial charge is 0.268 e. The minimum Gasteiger partial charge on any atom is -0.497 e. The number of carbonyl (C=O) groups excluding carboxylic acids is 4. The van der Waals surface area contributed by atoms with Gasteiger partial charge in [-0.25, -0.2) is 14.4 Å². The highest BCUT2D eigenvalue weighted by atomic mass is 16.5. The third-order valence-electron chi connectivity index (χ3n) is 6.59. The first-order valence-electron chi connectivity index (χ1n) is 12.3. The number of fused-ring (bicyclic) bond motifs is 1. The van der Waals surface area contributed by atoms with E-state index in [4.69, 9.17) is 4.74 Å². The normalized spacial score (nSPS) is 15.8. The van der Waals surface area contributed by atoms with Crippen molar-refractivity contribution in [3.63, 3.8) is 0 Å². The molecule has 3 aromatic rings. The molecule has 0 saturated carbocycles. The van der Waals surface area contributed by atoms with Crippen molar-refractivity contribution >= 4 is 34.6 Å². The average molecular weight is 513 g/mol. The van der Waals surface area contributed by atoms with Gasteiger partial charge in [0.1, 0.15) is 35.0 Å². The van der Waals surface area contributed by atoms with Gasteiger partial charge in [0, 0.05) is 29.4 Å². The van der Waals surface area contributed by atoms with E-state index in [2.05, 4.69) is 20.9 Å². The lowest BCUT2D eigenvalue weighted by Gasteiger charge is -2.25. The minimum absolute atomic E-state index is 0.0825. The second-order valence-electron chi connectivity index (χ2n) is 9.07. The monoisotopic (exact) mass is 512 g/mol. The molecule has 4 rings (SSSR count). The van der Waals surface area contributed by atoms with Crippen molar-refractivity contribution in [3.05, 3.63) is 83.3 Å². The summed E-state index contributed by atoms with van der Waals surface area (Å²) in [7, 11) is 1.57. The molecule has 0 unspecified atom stereocenters. The van der Waals surface area contributed by atoms with E-state index in [1.807, 2.05) is 54.3 Å². The van der Waals surface area contributed by atoms with Crippen molar-refractivity contribution < 1.29 is 23.9 Å². The fourth-order valence-electron chi connectivity index (χ4n) is 4.65. The standard InChI is InChI=1S/C29H28N4O5/c1-38-23-7-8-24-21(15-23)16-26(32-24)29(37)33-25(13-19-5-3-2-4-6-19)28(18-36)31-22(10-12-34)14-20-9-11-30-27(20)17-35/h2-8,10,15-16,20,22,25,30-32H,9,11,13-14H2,1H3,(H,33,37)/t20-,22+,25-/m0/s1. The van der Waals surface area contributed by atoms with Crippen LogP contribution in [0.5, 0.6) is 5.75 Å². The van der Waals surface area contributed by atoms with E-state index in [0.29, 0.717) is 42.9 Å². The van der Waals surface area contributed by atoms with Crippen LogP contribution in [0.3, 0.4) is 0 Å². The Morgan fingerprint density at radius 3 is 2.66 bits per heavy atom. The number of aromatic nitrogens is 1. The van der Waals surface area contributed by atoms with Gasteiger partial charge < -0.3 is 25.7 Å². The number of nitrogens with one attached hydrogen (secondary N) is 4. The lowest BCUT2D eigenvalue weighted by atomic mass is 9.95. The highest BCUT2D eigenvalue weighted by molar-refractivity contribution is 5.98. The number of aromatic amines is 1. The Bertz CT molecular complexity index is 1440. The Hall–Kier alpha value is -4.80. The number of allylic oxidation sites excluding steroid dienone is 1. The van der Waals surface area contributed by atoms with Gasteiger partial charge in [0.25, 0.3) is 5.91 Å². The predicted molar refractivity (Wildman–Crippen MR) is 143 cm³/mol. The van der Waals surface area contributed by atoms with Crippen LogP contribution < -0.4 is 20.7 Å². The molecular formula is C29H28N4O5. The number of methoxy groups -OCH3 is 1. The number of hydrogen-bond donors (Lipinski definition) is 4. The van der Waals surface area contributed by atoms with Crippen LogP contribution in [0.1, 0.15) is 28.9 Å². The third kappa shape index (κ3) is 6.30. The SMILES string of the molecule is COc1ccc2[nH]c(C(=O)N[C@@H](Cc3ccccc3)C(=C=O)N[C@H](C=C=O)C[C@@H]3CCNC3=C=O)cc2c1. The van der Waals surface area contributed by atoms with Crippen molar-refractivity contribution in [3.8, 4) is 5.75 Å². The molecule has 1 fully saturated rings. The van der Waals surface area contributed by atoms with Crippen LogP contribution in [0.4, 0.5) is 0 Å². The summed E-state index contributed by atoms with van der Waals surface area (Å²) in [4.78, 5) is 51.1. The molecular weight excluding hydrogens is 484 g/mol. The zero-order valence-corrected chi connectivity index (χ0v) is 20.9. The van der Waals surface area contributed by atoms with E-state index in [-0.39, 0.29) is 11.6 Å². The fourth-order valence-corrected chi connectivity index (χ4v) is 4.65. The second-order valence-corrected chi connectivity index (χ2v) is 9.07. The van der Waals surface area contributed by atoms with Crippen LogP contribution in [0.15, 0.2) is 72.1 Å². The molecule has 194 valence electrons. The Morgan fingerprint density at radius 2 is 1.95 bits per heavy atom. The van der Waals surface area contributed by atoms with Gasteiger partial charge in [-0.05, 0) is 49.1 Å². The number of hydrogen-bond acceptors (Lipinski definition) is 7. The molecule has 1 amide bonds. The lowest BCUT2D eigenvalue weighted by molar-refractivity contribution is 0.0937.